The predicted molar refractivity (Wildman–Crippen MR) is 73.1 cm³/mol. The molecule has 1 nitrogen and oxygen atoms in total. The predicted octanol–water partition coefficient (Wildman–Crippen LogP) is 4.39. The summed E-state index contributed by atoms with van der Waals surface area (Å²) in [5, 5.41) is 2.54. The highest BCUT2D eigenvalue weighted by molar-refractivity contribution is 6.09. The van der Waals surface area contributed by atoms with Crippen molar-refractivity contribution < 1.29 is 0 Å². The van der Waals surface area contributed by atoms with Crippen LogP contribution in [0.3, 0.4) is 0 Å². The maximum absolute atomic E-state index is 3.83. The summed E-state index contributed by atoms with van der Waals surface area (Å²) < 4.78 is 0. The van der Waals surface area contributed by atoms with E-state index in [9.17, 15) is 0 Å². The highest BCUT2D eigenvalue weighted by Gasteiger charge is 2.04. The van der Waals surface area contributed by atoms with Crippen molar-refractivity contribution >= 4 is 40.3 Å². The quantitative estimate of drug-likeness (QED) is 0.637. The number of aromatic amines is 1. The molecular weight excluding hydrogens is 218 g/mol. The van der Waals surface area contributed by atoms with Gasteiger partial charge in [-0.2, -0.15) is 0 Å². The fourth-order valence-corrected chi connectivity index (χ4v) is 2.07. The Morgan fingerprint density at radius 2 is 1.69 bits per heavy atom. The zero-order chi connectivity index (χ0) is 10.3. The van der Waals surface area contributed by atoms with Gasteiger partial charge in [-0.25, -0.2) is 0 Å². The summed E-state index contributed by atoms with van der Waals surface area (Å²) in [5.74, 6) is 0. The number of rotatable bonds is 1. The van der Waals surface area contributed by atoms with Crippen LogP contribution in [0.5, 0.6) is 0 Å². The van der Waals surface area contributed by atoms with Crippen molar-refractivity contribution in [3.05, 3.63) is 54.6 Å². The molecule has 0 aliphatic carbocycles. The minimum absolute atomic E-state index is 0. The molecule has 0 saturated carbocycles. The van der Waals surface area contributed by atoms with Crippen LogP contribution in [0, 0.1) is 0 Å². The Balaban J connectivity index is 0.000000963. The number of H-pyrrole nitrogens is 1. The Hall–Kier alpha value is -1.73. The van der Waals surface area contributed by atoms with Crippen molar-refractivity contribution in [2.24, 2.45) is 0 Å². The molecule has 0 aliphatic heterocycles. The van der Waals surface area contributed by atoms with Crippen LogP contribution in [0.2, 0.25) is 0 Å². The molecule has 0 aliphatic rings. The van der Waals surface area contributed by atoms with E-state index in [1.807, 2.05) is 12.1 Å². The number of nitrogens with one attached hydrogen (secondary N) is 1. The monoisotopic (exact) mass is 229 g/mol. The highest BCUT2D eigenvalue weighted by atomic mass is 35.5. The molecule has 2 heteroatoms. The SMILES string of the molecule is C=Cc1cccc2c1[nH]c1ccccc12.Cl. The third-order valence-corrected chi connectivity index (χ3v) is 2.79. The van der Waals surface area contributed by atoms with Crippen molar-refractivity contribution in [2.45, 2.75) is 0 Å². The molecule has 0 radical (unpaired) electrons. The van der Waals surface area contributed by atoms with Gasteiger partial charge in [0.1, 0.15) is 0 Å². The van der Waals surface area contributed by atoms with Crippen LogP contribution in [0.1, 0.15) is 5.56 Å². The molecule has 2 aromatic carbocycles. The largest absolute Gasteiger partial charge is 0.354 e. The third kappa shape index (κ3) is 1.41. The smallest absolute Gasteiger partial charge is 0.0538 e. The van der Waals surface area contributed by atoms with Gasteiger partial charge in [-0.05, 0) is 11.6 Å². The van der Waals surface area contributed by atoms with Gasteiger partial charge >= 0.3 is 0 Å². The normalized spacial score (nSPS) is 10.2. The minimum atomic E-state index is 0. The molecule has 0 fully saturated rings. The second kappa shape index (κ2) is 4.03. The summed E-state index contributed by atoms with van der Waals surface area (Å²) in [7, 11) is 0. The lowest BCUT2D eigenvalue weighted by molar-refractivity contribution is 1.53. The molecule has 0 amide bonds. The van der Waals surface area contributed by atoms with Crippen molar-refractivity contribution in [2.75, 3.05) is 0 Å². The van der Waals surface area contributed by atoms with Crippen LogP contribution >= 0.6 is 12.4 Å². The lowest BCUT2D eigenvalue weighted by Crippen LogP contribution is -1.73. The average Bonchev–Trinajstić information content (AvgIpc) is 2.67. The molecule has 16 heavy (non-hydrogen) atoms. The first-order valence-corrected chi connectivity index (χ1v) is 5.02. The van der Waals surface area contributed by atoms with Crippen LogP contribution < -0.4 is 0 Å². The fourth-order valence-electron chi connectivity index (χ4n) is 2.07. The number of hydrogen-bond donors (Lipinski definition) is 1. The summed E-state index contributed by atoms with van der Waals surface area (Å²) in [4.78, 5) is 3.43. The van der Waals surface area contributed by atoms with E-state index in [-0.39, 0.29) is 12.4 Å². The second-order valence-corrected chi connectivity index (χ2v) is 3.64. The van der Waals surface area contributed by atoms with Gasteiger partial charge in [0.25, 0.3) is 0 Å². The average molecular weight is 230 g/mol. The van der Waals surface area contributed by atoms with Crippen LogP contribution in [0.15, 0.2) is 49.0 Å². The number of halogens is 1. The molecule has 3 rings (SSSR count). The van der Waals surface area contributed by atoms with Crippen molar-refractivity contribution in [1.82, 2.24) is 4.98 Å². The van der Waals surface area contributed by atoms with Crippen LogP contribution in [0.25, 0.3) is 27.9 Å². The van der Waals surface area contributed by atoms with Crippen molar-refractivity contribution in [3.63, 3.8) is 0 Å². The summed E-state index contributed by atoms with van der Waals surface area (Å²) in [5.41, 5.74) is 3.51. The molecule has 80 valence electrons. The Kier molecular flexibility index (Phi) is 2.71. The van der Waals surface area contributed by atoms with Gasteiger partial charge in [0.15, 0.2) is 0 Å². The molecule has 0 saturated heterocycles. The molecule has 3 aromatic rings. The molecule has 0 spiro atoms. The highest BCUT2D eigenvalue weighted by Crippen LogP contribution is 2.27. The first-order valence-electron chi connectivity index (χ1n) is 5.02. The minimum Gasteiger partial charge on any atom is -0.354 e. The summed E-state index contributed by atoms with van der Waals surface area (Å²) in [6.45, 7) is 3.83. The van der Waals surface area contributed by atoms with E-state index in [1.165, 1.54) is 21.8 Å². The molecule has 1 heterocycles. The topological polar surface area (TPSA) is 15.8 Å². The van der Waals surface area contributed by atoms with Crippen LogP contribution in [0.4, 0.5) is 0 Å². The zero-order valence-electron chi connectivity index (χ0n) is 8.73. The van der Waals surface area contributed by atoms with Gasteiger partial charge < -0.3 is 4.98 Å². The van der Waals surface area contributed by atoms with E-state index < -0.39 is 0 Å². The molecule has 0 unspecified atom stereocenters. The van der Waals surface area contributed by atoms with E-state index >= 15 is 0 Å². The van der Waals surface area contributed by atoms with Gasteiger partial charge in [0.2, 0.25) is 0 Å². The second-order valence-electron chi connectivity index (χ2n) is 3.64. The van der Waals surface area contributed by atoms with Gasteiger partial charge in [-0.1, -0.05) is 49.1 Å². The molecule has 0 bridgehead atoms. The fraction of sp³-hybridized carbons (Fsp3) is 0. The van der Waals surface area contributed by atoms with E-state index in [2.05, 4.69) is 48.0 Å². The Bertz CT molecular complexity index is 652. The van der Waals surface area contributed by atoms with Crippen molar-refractivity contribution in [1.29, 1.82) is 0 Å². The third-order valence-electron chi connectivity index (χ3n) is 2.79. The van der Waals surface area contributed by atoms with Crippen molar-refractivity contribution in [3.8, 4) is 0 Å². The zero-order valence-corrected chi connectivity index (χ0v) is 9.55. The van der Waals surface area contributed by atoms with E-state index in [4.69, 9.17) is 0 Å². The Morgan fingerprint density at radius 1 is 0.938 bits per heavy atom. The summed E-state index contributed by atoms with van der Waals surface area (Å²) >= 11 is 0. The Morgan fingerprint density at radius 3 is 2.50 bits per heavy atom. The van der Waals surface area contributed by atoms with Gasteiger partial charge in [0, 0.05) is 16.3 Å². The first kappa shape index (κ1) is 10.8. The molecule has 1 N–H and O–H groups in total. The van der Waals surface area contributed by atoms with Gasteiger partial charge in [0.05, 0.1) is 5.52 Å². The molecule has 0 atom stereocenters. The standard InChI is InChI=1S/C14H11N.ClH/c1-2-10-6-5-8-12-11-7-3-4-9-13(11)15-14(10)12;/h2-9,15H,1H2;1H. The van der Waals surface area contributed by atoms with E-state index in [0.29, 0.717) is 0 Å². The number of fused-ring (bicyclic) bond motifs is 3. The lowest BCUT2D eigenvalue weighted by Gasteiger charge is -1.94. The Labute approximate surface area is 100 Å². The van der Waals surface area contributed by atoms with Crippen LogP contribution in [-0.4, -0.2) is 4.98 Å². The summed E-state index contributed by atoms with van der Waals surface area (Å²) in [6.07, 6.45) is 1.89. The maximum atomic E-state index is 3.83. The lowest BCUT2D eigenvalue weighted by atomic mass is 10.1. The van der Waals surface area contributed by atoms with Crippen LogP contribution in [-0.2, 0) is 0 Å². The van der Waals surface area contributed by atoms with E-state index in [1.54, 1.807) is 0 Å². The number of aromatic nitrogens is 1. The molecule has 1 aromatic heterocycles. The van der Waals surface area contributed by atoms with E-state index in [0.717, 1.165) is 5.56 Å². The summed E-state index contributed by atoms with van der Waals surface area (Å²) in [6, 6.07) is 14.6. The number of para-hydroxylation sites is 2. The van der Waals surface area contributed by atoms with Gasteiger partial charge in [-0.3, -0.25) is 0 Å². The number of hydrogen-bond acceptors (Lipinski definition) is 0. The molecular formula is C14H12ClN. The first-order chi connectivity index (χ1) is 7.40. The maximum Gasteiger partial charge on any atom is 0.0538 e. The number of benzene rings is 2. The van der Waals surface area contributed by atoms with Gasteiger partial charge in [-0.15, -0.1) is 12.4 Å².